The van der Waals surface area contributed by atoms with Crippen LogP contribution in [0.5, 0.6) is 0 Å². The van der Waals surface area contributed by atoms with Gasteiger partial charge in [-0.1, -0.05) is 63.2 Å². The molecule has 0 radical (unpaired) electrons. The molecule has 3 aromatic rings. The number of nitrogens with one attached hydrogen (secondary N) is 2. The highest BCUT2D eigenvalue weighted by atomic mass is 16.6. The third-order valence-electron chi connectivity index (χ3n) is 4.40. The van der Waals surface area contributed by atoms with Crippen LogP contribution in [0.15, 0.2) is 67.0 Å². The number of aliphatic carboxylic acids is 1. The Labute approximate surface area is 213 Å². The van der Waals surface area contributed by atoms with Gasteiger partial charge in [0.25, 0.3) is 0 Å². The minimum Gasteiger partial charge on any atom is -0.480 e. The number of rotatable bonds is 7. The monoisotopic (exact) mass is 492 g/mol. The predicted molar refractivity (Wildman–Crippen MR) is 143 cm³/mol. The summed E-state index contributed by atoms with van der Waals surface area (Å²) < 4.78 is 5.24. The average Bonchev–Trinajstić information content (AvgIpc) is 2.78. The van der Waals surface area contributed by atoms with E-state index in [0.29, 0.717) is 23.6 Å². The van der Waals surface area contributed by atoms with Crippen molar-refractivity contribution in [2.24, 2.45) is 5.92 Å². The molecule has 1 unspecified atom stereocenters. The van der Waals surface area contributed by atoms with Gasteiger partial charge in [-0.25, -0.2) is 19.6 Å². The number of hydrogen-bond acceptors (Lipinski definition) is 6. The summed E-state index contributed by atoms with van der Waals surface area (Å²) in [4.78, 5) is 32.1. The van der Waals surface area contributed by atoms with Gasteiger partial charge in [0, 0.05) is 23.7 Å². The normalized spacial score (nSPS) is 11.6. The van der Waals surface area contributed by atoms with E-state index in [-0.39, 0.29) is 0 Å². The Hall–Kier alpha value is -3.94. The third-order valence-corrected chi connectivity index (χ3v) is 4.40. The minimum absolute atomic E-state index is 0.320. The minimum atomic E-state index is -0.966. The third kappa shape index (κ3) is 10.5. The van der Waals surface area contributed by atoms with E-state index in [2.05, 4.69) is 41.4 Å². The quantitative estimate of drug-likeness (QED) is 0.357. The molecule has 192 valence electrons. The first-order valence-corrected chi connectivity index (χ1v) is 11.9. The second kappa shape index (κ2) is 13.2. The molecule has 2 aromatic carbocycles. The van der Waals surface area contributed by atoms with Crippen molar-refractivity contribution >= 4 is 23.6 Å². The van der Waals surface area contributed by atoms with Crippen LogP contribution >= 0.6 is 0 Å². The summed E-state index contributed by atoms with van der Waals surface area (Å²) in [6.07, 6.45) is 1.17. The Morgan fingerprint density at radius 3 is 2.14 bits per heavy atom. The molecule has 1 aromatic heterocycles. The topological polar surface area (TPSA) is 113 Å². The van der Waals surface area contributed by atoms with Crippen LogP contribution in [0, 0.1) is 5.92 Å². The zero-order valence-corrected chi connectivity index (χ0v) is 21.8. The summed E-state index contributed by atoms with van der Waals surface area (Å²) in [5, 5.41) is 15.3. The first-order valence-electron chi connectivity index (χ1n) is 11.9. The van der Waals surface area contributed by atoms with E-state index in [4.69, 9.17) is 4.74 Å². The van der Waals surface area contributed by atoms with Crippen molar-refractivity contribution in [2.75, 3.05) is 10.6 Å². The van der Waals surface area contributed by atoms with E-state index in [1.54, 1.807) is 51.1 Å². The van der Waals surface area contributed by atoms with Crippen molar-refractivity contribution in [1.29, 1.82) is 0 Å². The highest BCUT2D eigenvalue weighted by Crippen LogP contribution is 2.22. The van der Waals surface area contributed by atoms with E-state index in [1.165, 1.54) is 6.33 Å². The lowest BCUT2D eigenvalue weighted by Gasteiger charge is -2.19. The van der Waals surface area contributed by atoms with Crippen molar-refractivity contribution < 1.29 is 19.4 Å². The molecular weight excluding hydrogens is 456 g/mol. The van der Waals surface area contributed by atoms with Crippen molar-refractivity contribution in [3.63, 3.8) is 0 Å². The number of nitrogens with zero attached hydrogens (tertiary/aromatic N) is 2. The van der Waals surface area contributed by atoms with Crippen LogP contribution in [0.1, 0.15) is 47.1 Å². The van der Waals surface area contributed by atoms with E-state index in [1.807, 2.05) is 30.3 Å². The lowest BCUT2D eigenvalue weighted by molar-refractivity contribution is -0.137. The Morgan fingerprint density at radius 1 is 0.972 bits per heavy atom. The number of carboxylic acids is 1. The van der Waals surface area contributed by atoms with Crippen LogP contribution in [0.4, 0.5) is 16.3 Å². The van der Waals surface area contributed by atoms with Gasteiger partial charge in [0.05, 0.1) is 5.69 Å². The number of anilines is 2. The fourth-order valence-corrected chi connectivity index (χ4v) is 2.97. The molecule has 36 heavy (non-hydrogen) atoms. The molecule has 1 atom stereocenters. The van der Waals surface area contributed by atoms with Crippen molar-refractivity contribution in [2.45, 2.75) is 59.6 Å². The second-order valence-electron chi connectivity index (χ2n) is 9.95. The van der Waals surface area contributed by atoms with Gasteiger partial charge in [0.2, 0.25) is 0 Å². The zero-order chi connectivity index (χ0) is 26.7. The summed E-state index contributed by atoms with van der Waals surface area (Å²) in [6, 6.07) is 17.3. The molecule has 3 rings (SSSR count). The van der Waals surface area contributed by atoms with Crippen molar-refractivity contribution in [3.8, 4) is 11.3 Å². The summed E-state index contributed by atoms with van der Waals surface area (Å²) in [5.74, 6) is 0.279. The Balaban J connectivity index is 0.00000106. The first-order chi connectivity index (χ1) is 16.9. The zero-order valence-electron chi connectivity index (χ0n) is 21.8. The fraction of sp³-hybridized carbons (Fsp3) is 0.357. The van der Waals surface area contributed by atoms with Gasteiger partial charge >= 0.3 is 12.1 Å². The molecule has 0 fully saturated rings. The molecule has 0 spiro atoms. The maximum Gasteiger partial charge on any atom is 0.412 e. The molecule has 0 saturated heterocycles. The fourth-order valence-electron chi connectivity index (χ4n) is 2.97. The van der Waals surface area contributed by atoms with E-state index >= 15 is 0 Å². The standard InChI is InChI=1S/C24H26N4O4.C4H10/c1-24(2,3)32-23(31)27-18-11-9-17(10-12-18)19-14-21(26-15-25-19)28-20(22(29)30)13-16-7-5-4-6-8-16;1-4(2)3/h4-12,14-15,20H,13H2,1-3H3,(H,27,31)(H,29,30)(H,25,26,28);4H,1-3H3. The molecular formula is C28H36N4O4. The van der Waals surface area contributed by atoms with Crippen LogP contribution in [0.2, 0.25) is 0 Å². The lowest BCUT2D eigenvalue weighted by atomic mass is 10.1. The molecule has 0 bridgehead atoms. The van der Waals surface area contributed by atoms with Gasteiger partial charge in [-0.3, -0.25) is 5.32 Å². The van der Waals surface area contributed by atoms with Gasteiger partial charge in [-0.05, 0) is 44.4 Å². The van der Waals surface area contributed by atoms with Crippen LogP contribution < -0.4 is 10.6 Å². The molecule has 0 aliphatic carbocycles. The lowest BCUT2D eigenvalue weighted by Crippen LogP contribution is -2.31. The summed E-state index contributed by atoms with van der Waals surface area (Å²) in [5.41, 5.74) is 2.33. The molecule has 0 aliphatic heterocycles. The Bertz CT molecular complexity index is 1110. The number of hydrogen-bond donors (Lipinski definition) is 3. The highest BCUT2D eigenvalue weighted by Gasteiger charge is 2.19. The molecule has 0 saturated carbocycles. The van der Waals surface area contributed by atoms with Crippen LogP contribution in [0.3, 0.4) is 0 Å². The summed E-state index contributed by atoms with van der Waals surface area (Å²) in [7, 11) is 0. The largest absolute Gasteiger partial charge is 0.480 e. The van der Waals surface area contributed by atoms with E-state index in [9.17, 15) is 14.7 Å². The van der Waals surface area contributed by atoms with Crippen LogP contribution in [-0.4, -0.2) is 38.8 Å². The van der Waals surface area contributed by atoms with Gasteiger partial charge in [-0.2, -0.15) is 0 Å². The number of carbonyl (C=O) groups excluding carboxylic acids is 1. The number of aromatic nitrogens is 2. The van der Waals surface area contributed by atoms with E-state index < -0.39 is 23.7 Å². The molecule has 8 nitrogen and oxygen atoms in total. The van der Waals surface area contributed by atoms with Crippen molar-refractivity contribution in [3.05, 3.63) is 72.6 Å². The number of ether oxygens (including phenoxy) is 1. The Kier molecular flexibility index (Phi) is 10.4. The second-order valence-corrected chi connectivity index (χ2v) is 9.95. The first kappa shape index (κ1) is 28.3. The molecule has 1 amide bonds. The number of benzene rings is 2. The molecule has 8 heteroatoms. The highest BCUT2D eigenvalue weighted by molar-refractivity contribution is 5.85. The number of carbonyl (C=O) groups is 2. The SMILES string of the molecule is CC(C)(C)OC(=O)Nc1ccc(-c2cc(NC(Cc3ccccc3)C(=O)O)ncn2)cc1.CC(C)C. The molecule has 3 N–H and O–H groups in total. The Morgan fingerprint density at radius 2 is 1.58 bits per heavy atom. The predicted octanol–water partition coefficient (Wildman–Crippen LogP) is 6.26. The van der Waals surface area contributed by atoms with Crippen LogP contribution in [-0.2, 0) is 16.0 Å². The number of amides is 1. The smallest absolute Gasteiger partial charge is 0.412 e. The van der Waals surface area contributed by atoms with Gasteiger partial charge < -0.3 is 15.2 Å². The van der Waals surface area contributed by atoms with Gasteiger partial charge in [0.1, 0.15) is 23.8 Å². The summed E-state index contributed by atoms with van der Waals surface area (Å²) >= 11 is 0. The van der Waals surface area contributed by atoms with Crippen LogP contribution in [0.25, 0.3) is 11.3 Å². The molecule has 1 heterocycles. The number of carboxylic acid groups (broad SMARTS) is 1. The summed E-state index contributed by atoms with van der Waals surface area (Å²) in [6.45, 7) is 11.9. The maximum atomic E-state index is 11.9. The van der Waals surface area contributed by atoms with E-state index in [0.717, 1.165) is 17.0 Å². The van der Waals surface area contributed by atoms with Gasteiger partial charge in [0.15, 0.2) is 0 Å². The van der Waals surface area contributed by atoms with Crippen molar-refractivity contribution in [1.82, 2.24) is 9.97 Å². The maximum absolute atomic E-state index is 11.9. The van der Waals surface area contributed by atoms with Gasteiger partial charge in [-0.15, -0.1) is 0 Å². The molecule has 0 aliphatic rings. The average molecular weight is 493 g/mol.